The summed E-state index contributed by atoms with van der Waals surface area (Å²) in [5.41, 5.74) is 1.16. The molecule has 1 amide bonds. The number of piperidine rings is 1. The first kappa shape index (κ1) is 15.6. The number of fused-ring (bicyclic) bond motifs is 3. The molecule has 2 fully saturated rings. The Hall–Kier alpha value is -1.88. The van der Waals surface area contributed by atoms with Crippen LogP contribution in [0.1, 0.15) is 32.1 Å². The molecular weight excluding hydrogens is 300 g/mol. The standard InChI is InChI=1S/C19H26N4O/c24-19(8-11-22-14-15-6-7-17(22)12-15)20-9-3-10-23-18-5-2-1-4-16(18)13-21-23/h1-2,4-5,13,15,17H,3,6-12,14H2,(H,20,24)/t15-,17+/m1/s1. The van der Waals surface area contributed by atoms with Crippen molar-refractivity contribution in [1.82, 2.24) is 20.0 Å². The lowest BCUT2D eigenvalue weighted by Gasteiger charge is -2.26. The van der Waals surface area contributed by atoms with Gasteiger partial charge in [0.1, 0.15) is 0 Å². The van der Waals surface area contributed by atoms with Gasteiger partial charge in [-0.1, -0.05) is 18.2 Å². The van der Waals surface area contributed by atoms with Crippen LogP contribution in [0.5, 0.6) is 0 Å². The van der Waals surface area contributed by atoms with E-state index in [4.69, 9.17) is 0 Å². The third-order valence-electron chi connectivity index (χ3n) is 5.57. The van der Waals surface area contributed by atoms with E-state index in [1.54, 1.807) is 0 Å². The summed E-state index contributed by atoms with van der Waals surface area (Å²) in [5.74, 6) is 1.09. The first-order valence-corrected chi connectivity index (χ1v) is 9.21. The minimum atomic E-state index is 0.183. The van der Waals surface area contributed by atoms with Crippen molar-refractivity contribution in [2.45, 2.75) is 44.7 Å². The molecule has 1 saturated carbocycles. The Morgan fingerprint density at radius 3 is 3.00 bits per heavy atom. The molecule has 1 saturated heterocycles. The molecule has 1 N–H and O–H groups in total. The van der Waals surface area contributed by atoms with Crippen LogP contribution in [0.3, 0.4) is 0 Å². The molecule has 2 atom stereocenters. The molecule has 2 aromatic rings. The maximum absolute atomic E-state index is 12.0. The molecule has 4 rings (SSSR count). The molecule has 2 aliphatic rings. The molecule has 0 spiro atoms. The summed E-state index contributed by atoms with van der Waals surface area (Å²) in [6, 6.07) is 8.99. The zero-order valence-electron chi connectivity index (χ0n) is 14.2. The number of rotatable bonds is 7. The Bertz CT molecular complexity index is 710. The van der Waals surface area contributed by atoms with E-state index >= 15 is 0 Å². The van der Waals surface area contributed by atoms with Gasteiger partial charge in [0.25, 0.3) is 0 Å². The average molecular weight is 326 g/mol. The summed E-state index contributed by atoms with van der Waals surface area (Å²) in [7, 11) is 0. The second-order valence-electron chi connectivity index (χ2n) is 7.21. The zero-order chi connectivity index (χ0) is 16.4. The van der Waals surface area contributed by atoms with Crippen LogP contribution in [0.4, 0.5) is 0 Å². The first-order valence-electron chi connectivity index (χ1n) is 9.21. The van der Waals surface area contributed by atoms with Gasteiger partial charge in [-0.25, -0.2) is 0 Å². The van der Waals surface area contributed by atoms with Gasteiger partial charge in [0, 0.05) is 44.0 Å². The van der Waals surface area contributed by atoms with Gasteiger partial charge in [0.05, 0.1) is 11.7 Å². The predicted molar refractivity (Wildman–Crippen MR) is 94.7 cm³/mol. The lowest BCUT2D eigenvalue weighted by molar-refractivity contribution is -0.121. The Kier molecular flexibility index (Phi) is 4.52. The fourth-order valence-corrected chi connectivity index (χ4v) is 4.29. The van der Waals surface area contributed by atoms with E-state index in [1.807, 2.05) is 23.0 Å². The van der Waals surface area contributed by atoms with E-state index in [9.17, 15) is 4.79 Å². The highest BCUT2D eigenvalue weighted by Gasteiger charge is 2.37. The molecule has 1 aromatic heterocycles. The number of amides is 1. The molecule has 5 heteroatoms. The Labute approximate surface area is 143 Å². The van der Waals surface area contributed by atoms with E-state index in [-0.39, 0.29) is 5.91 Å². The van der Waals surface area contributed by atoms with Crippen molar-refractivity contribution in [1.29, 1.82) is 0 Å². The van der Waals surface area contributed by atoms with E-state index in [2.05, 4.69) is 27.4 Å². The zero-order valence-corrected chi connectivity index (χ0v) is 14.2. The highest BCUT2D eigenvalue weighted by molar-refractivity contribution is 5.78. The molecule has 1 aliphatic heterocycles. The number of nitrogens with zero attached hydrogens (tertiary/aromatic N) is 3. The third-order valence-corrected chi connectivity index (χ3v) is 5.57. The number of carbonyl (C=O) groups excluding carboxylic acids is 1. The van der Waals surface area contributed by atoms with Crippen LogP contribution in [0.25, 0.3) is 10.9 Å². The molecular formula is C19H26N4O. The van der Waals surface area contributed by atoms with Crippen molar-refractivity contribution in [2.24, 2.45) is 5.92 Å². The fourth-order valence-electron chi connectivity index (χ4n) is 4.29. The van der Waals surface area contributed by atoms with E-state index in [0.29, 0.717) is 6.42 Å². The number of benzene rings is 1. The summed E-state index contributed by atoms with van der Waals surface area (Å²) >= 11 is 0. The first-order chi connectivity index (χ1) is 11.8. The van der Waals surface area contributed by atoms with Gasteiger partial charge in [-0.2, -0.15) is 5.10 Å². The monoisotopic (exact) mass is 326 g/mol. The van der Waals surface area contributed by atoms with Crippen LogP contribution >= 0.6 is 0 Å². The number of likely N-dealkylation sites (tertiary alicyclic amines) is 1. The normalized spacial score (nSPS) is 23.2. The van der Waals surface area contributed by atoms with Gasteiger partial charge in [-0.05, 0) is 37.7 Å². The molecule has 24 heavy (non-hydrogen) atoms. The summed E-state index contributed by atoms with van der Waals surface area (Å²) in [4.78, 5) is 14.5. The summed E-state index contributed by atoms with van der Waals surface area (Å²) < 4.78 is 2.02. The number of para-hydroxylation sites is 1. The summed E-state index contributed by atoms with van der Waals surface area (Å²) in [6.07, 6.45) is 7.54. The van der Waals surface area contributed by atoms with E-state index in [1.165, 1.54) is 31.2 Å². The number of aromatic nitrogens is 2. The molecule has 1 aliphatic carbocycles. The van der Waals surface area contributed by atoms with E-state index < -0.39 is 0 Å². The Morgan fingerprint density at radius 2 is 2.17 bits per heavy atom. The van der Waals surface area contributed by atoms with Gasteiger partial charge in [0.15, 0.2) is 0 Å². The second kappa shape index (κ2) is 6.93. The molecule has 0 unspecified atom stereocenters. The van der Waals surface area contributed by atoms with Crippen molar-refractivity contribution < 1.29 is 4.79 Å². The van der Waals surface area contributed by atoms with Crippen LogP contribution in [0.2, 0.25) is 0 Å². The Balaban J connectivity index is 1.15. The molecule has 2 heterocycles. The van der Waals surface area contributed by atoms with Gasteiger partial charge in [0.2, 0.25) is 5.91 Å². The summed E-state index contributed by atoms with van der Waals surface area (Å²) in [5, 5.41) is 8.64. The van der Waals surface area contributed by atoms with Crippen molar-refractivity contribution in [3.8, 4) is 0 Å². The van der Waals surface area contributed by atoms with Crippen molar-refractivity contribution in [3.63, 3.8) is 0 Å². The van der Waals surface area contributed by atoms with Crippen molar-refractivity contribution in [3.05, 3.63) is 30.5 Å². The molecule has 1 aromatic carbocycles. The molecule has 5 nitrogen and oxygen atoms in total. The van der Waals surface area contributed by atoms with Crippen molar-refractivity contribution in [2.75, 3.05) is 19.6 Å². The highest BCUT2D eigenvalue weighted by atomic mass is 16.1. The average Bonchev–Trinajstić information content (AvgIpc) is 3.32. The smallest absolute Gasteiger partial charge is 0.221 e. The maximum atomic E-state index is 12.0. The van der Waals surface area contributed by atoms with Crippen LogP contribution in [0, 0.1) is 5.92 Å². The maximum Gasteiger partial charge on any atom is 0.221 e. The quantitative estimate of drug-likeness (QED) is 0.795. The van der Waals surface area contributed by atoms with Gasteiger partial charge < -0.3 is 5.32 Å². The minimum absolute atomic E-state index is 0.183. The Morgan fingerprint density at radius 1 is 1.25 bits per heavy atom. The second-order valence-corrected chi connectivity index (χ2v) is 7.21. The lowest BCUT2D eigenvalue weighted by Crippen LogP contribution is -2.36. The van der Waals surface area contributed by atoms with Gasteiger partial charge in [-0.15, -0.1) is 0 Å². The SMILES string of the molecule is O=C(CCN1C[C@@H]2CC[C@H]1C2)NCCCn1ncc2ccccc21. The van der Waals surface area contributed by atoms with Crippen LogP contribution in [-0.4, -0.2) is 46.3 Å². The molecule has 0 radical (unpaired) electrons. The predicted octanol–water partition coefficient (Wildman–Crippen LogP) is 2.42. The van der Waals surface area contributed by atoms with Crippen LogP contribution < -0.4 is 5.32 Å². The van der Waals surface area contributed by atoms with Crippen LogP contribution in [0.15, 0.2) is 30.5 Å². The largest absolute Gasteiger partial charge is 0.356 e. The van der Waals surface area contributed by atoms with Gasteiger partial charge in [-0.3, -0.25) is 14.4 Å². The molecule has 128 valence electrons. The lowest BCUT2D eigenvalue weighted by atomic mass is 10.1. The van der Waals surface area contributed by atoms with Crippen LogP contribution in [-0.2, 0) is 11.3 Å². The number of hydrogen-bond donors (Lipinski definition) is 1. The van der Waals surface area contributed by atoms with E-state index in [0.717, 1.165) is 43.5 Å². The molecule has 2 bridgehead atoms. The number of nitrogens with one attached hydrogen (secondary N) is 1. The topological polar surface area (TPSA) is 50.2 Å². The number of hydrogen-bond acceptors (Lipinski definition) is 3. The number of carbonyl (C=O) groups is 1. The number of aryl methyl sites for hydroxylation is 1. The van der Waals surface area contributed by atoms with Crippen molar-refractivity contribution >= 4 is 16.8 Å². The van der Waals surface area contributed by atoms with Gasteiger partial charge >= 0.3 is 0 Å². The summed E-state index contributed by atoms with van der Waals surface area (Å²) in [6.45, 7) is 3.70. The highest BCUT2D eigenvalue weighted by Crippen LogP contribution is 2.37. The minimum Gasteiger partial charge on any atom is -0.356 e. The third kappa shape index (κ3) is 3.31. The fraction of sp³-hybridized carbons (Fsp3) is 0.579.